The van der Waals surface area contributed by atoms with Crippen LogP contribution in [0.4, 0.5) is 0 Å². The maximum Gasteiger partial charge on any atom is 0.170 e. The van der Waals surface area contributed by atoms with Crippen LogP contribution in [0, 0.1) is 22.7 Å². The summed E-state index contributed by atoms with van der Waals surface area (Å²) < 4.78 is 5.82. The zero-order valence-corrected chi connectivity index (χ0v) is 16.4. The van der Waals surface area contributed by atoms with Gasteiger partial charge >= 0.3 is 0 Å². The van der Waals surface area contributed by atoms with Crippen LogP contribution in [0.5, 0.6) is 0 Å². The van der Waals surface area contributed by atoms with Crippen molar-refractivity contribution >= 4 is 9.04 Å². The molecular weight excluding hydrogens is 260 g/mol. The first kappa shape index (κ1) is 19.9. The Morgan fingerprint density at radius 2 is 1.60 bits per heavy atom. The van der Waals surface area contributed by atoms with Gasteiger partial charge in [-0.15, -0.1) is 6.58 Å². The van der Waals surface area contributed by atoms with E-state index in [9.17, 15) is 0 Å². The highest BCUT2D eigenvalue weighted by Gasteiger charge is 2.30. The van der Waals surface area contributed by atoms with E-state index in [1.165, 1.54) is 19.3 Å². The SMILES string of the molecule is C=CC(CC(CCCO[SiH](C)C)C(C)(C)C)C(C)(C)C. The maximum atomic E-state index is 5.82. The van der Waals surface area contributed by atoms with E-state index in [1.54, 1.807) is 0 Å². The molecule has 0 aromatic rings. The average Bonchev–Trinajstić information content (AvgIpc) is 2.24. The second kappa shape index (κ2) is 8.38. The summed E-state index contributed by atoms with van der Waals surface area (Å²) in [5.74, 6) is 1.33. The van der Waals surface area contributed by atoms with Gasteiger partial charge in [0, 0.05) is 6.61 Å². The van der Waals surface area contributed by atoms with Crippen molar-refractivity contribution in [1.29, 1.82) is 0 Å². The molecule has 0 heterocycles. The highest BCUT2D eigenvalue weighted by atomic mass is 28.3. The van der Waals surface area contributed by atoms with E-state index >= 15 is 0 Å². The molecule has 0 N–H and O–H groups in total. The topological polar surface area (TPSA) is 9.23 Å². The number of allylic oxidation sites excluding steroid dienone is 1. The predicted molar refractivity (Wildman–Crippen MR) is 94.8 cm³/mol. The molecule has 2 unspecified atom stereocenters. The monoisotopic (exact) mass is 298 g/mol. The summed E-state index contributed by atoms with van der Waals surface area (Å²) in [4.78, 5) is 0. The van der Waals surface area contributed by atoms with Crippen molar-refractivity contribution < 1.29 is 4.43 Å². The first-order chi connectivity index (χ1) is 8.98. The molecule has 0 aliphatic carbocycles. The molecular formula is C18H38OSi. The predicted octanol–water partition coefficient (Wildman–Crippen LogP) is 5.67. The Morgan fingerprint density at radius 1 is 1.05 bits per heavy atom. The van der Waals surface area contributed by atoms with E-state index in [2.05, 4.69) is 67.3 Å². The van der Waals surface area contributed by atoms with Gasteiger partial charge in [0.05, 0.1) is 0 Å². The summed E-state index contributed by atoms with van der Waals surface area (Å²) in [6, 6.07) is 0. The van der Waals surface area contributed by atoms with Crippen molar-refractivity contribution in [2.24, 2.45) is 22.7 Å². The largest absolute Gasteiger partial charge is 0.421 e. The summed E-state index contributed by atoms with van der Waals surface area (Å²) in [6.45, 7) is 23.6. The normalized spacial score (nSPS) is 16.2. The van der Waals surface area contributed by atoms with Gasteiger partial charge in [-0.3, -0.25) is 0 Å². The number of rotatable bonds is 8. The Bertz CT molecular complexity index is 270. The van der Waals surface area contributed by atoms with E-state index in [4.69, 9.17) is 4.43 Å². The Kier molecular flexibility index (Phi) is 8.35. The summed E-state index contributed by atoms with van der Waals surface area (Å²) in [7, 11) is -0.854. The van der Waals surface area contributed by atoms with E-state index in [1.807, 2.05) is 0 Å². The number of hydrogen-bond donors (Lipinski definition) is 0. The standard InChI is InChI=1S/C18H38OSi/c1-10-15(17(2,3)4)14-16(18(5,6)7)12-11-13-19-20(8)9/h10,15-16,20H,1,11-14H2,2-9H3. The van der Waals surface area contributed by atoms with Crippen LogP contribution in [-0.2, 0) is 4.43 Å². The fraction of sp³-hybridized carbons (Fsp3) is 0.889. The third-order valence-corrected chi connectivity index (χ3v) is 5.21. The van der Waals surface area contributed by atoms with Gasteiger partial charge in [-0.05, 0) is 55.0 Å². The first-order valence-corrected chi connectivity index (χ1v) is 11.0. The van der Waals surface area contributed by atoms with Gasteiger partial charge in [0.15, 0.2) is 9.04 Å². The first-order valence-electron chi connectivity index (χ1n) is 8.22. The molecule has 0 fully saturated rings. The van der Waals surface area contributed by atoms with Crippen LogP contribution in [0.3, 0.4) is 0 Å². The van der Waals surface area contributed by atoms with Crippen molar-refractivity contribution in [1.82, 2.24) is 0 Å². The maximum absolute atomic E-state index is 5.82. The molecule has 0 saturated heterocycles. The second-order valence-electron chi connectivity index (χ2n) is 8.57. The van der Waals surface area contributed by atoms with Gasteiger partial charge < -0.3 is 4.43 Å². The quantitative estimate of drug-likeness (QED) is 0.319. The Balaban J connectivity index is 4.54. The van der Waals surface area contributed by atoms with Crippen LogP contribution in [0.25, 0.3) is 0 Å². The van der Waals surface area contributed by atoms with Crippen molar-refractivity contribution in [2.75, 3.05) is 6.61 Å². The zero-order chi connectivity index (χ0) is 16.0. The van der Waals surface area contributed by atoms with Gasteiger partial charge in [0.2, 0.25) is 0 Å². The van der Waals surface area contributed by atoms with Crippen LogP contribution in [0.15, 0.2) is 12.7 Å². The van der Waals surface area contributed by atoms with Gasteiger partial charge in [-0.1, -0.05) is 47.6 Å². The van der Waals surface area contributed by atoms with E-state index < -0.39 is 9.04 Å². The third kappa shape index (κ3) is 8.26. The third-order valence-electron chi connectivity index (χ3n) is 4.31. The summed E-state index contributed by atoms with van der Waals surface area (Å²) in [5.41, 5.74) is 0.675. The minimum atomic E-state index is -0.854. The van der Waals surface area contributed by atoms with Crippen molar-refractivity contribution in [3.63, 3.8) is 0 Å². The van der Waals surface area contributed by atoms with Gasteiger partial charge in [0.25, 0.3) is 0 Å². The molecule has 0 aromatic carbocycles. The van der Waals surface area contributed by atoms with Gasteiger partial charge in [0.1, 0.15) is 0 Å². The lowest BCUT2D eigenvalue weighted by molar-refractivity contribution is 0.143. The molecule has 0 aliphatic heterocycles. The van der Waals surface area contributed by atoms with E-state index in [0.29, 0.717) is 16.7 Å². The van der Waals surface area contributed by atoms with E-state index in [-0.39, 0.29) is 0 Å². The van der Waals surface area contributed by atoms with Gasteiger partial charge in [-0.2, -0.15) is 0 Å². The molecule has 20 heavy (non-hydrogen) atoms. The summed E-state index contributed by atoms with van der Waals surface area (Å²) in [5, 5.41) is 0. The molecule has 0 rings (SSSR count). The highest BCUT2D eigenvalue weighted by molar-refractivity contribution is 6.48. The summed E-state index contributed by atoms with van der Waals surface area (Å²) in [6.07, 6.45) is 5.87. The van der Waals surface area contributed by atoms with Crippen molar-refractivity contribution in [3.8, 4) is 0 Å². The minimum Gasteiger partial charge on any atom is -0.421 e. The molecule has 0 saturated carbocycles. The van der Waals surface area contributed by atoms with Crippen LogP contribution >= 0.6 is 0 Å². The molecule has 2 atom stereocenters. The fourth-order valence-electron chi connectivity index (χ4n) is 2.66. The van der Waals surface area contributed by atoms with Crippen LogP contribution in [0.1, 0.15) is 60.8 Å². The van der Waals surface area contributed by atoms with Crippen molar-refractivity contribution in [3.05, 3.63) is 12.7 Å². The molecule has 0 spiro atoms. The highest BCUT2D eigenvalue weighted by Crippen LogP contribution is 2.40. The lowest BCUT2D eigenvalue weighted by atomic mass is 9.68. The van der Waals surface area contributed by atoms with Gasteiger partial charge in [-0.25, -0.2) is 0 Å². The zero-order valence-electron chi connectivity index (χ0n) is 15.3. The lowest BCUT2D eigenvalue weighted by Crippen LogP contribution is -2.28. The Labute approximate surface area is 129 Å². The molecule has 0 radical (unpaired) electrons. The fourth-order valence-corrected chi connectivity index (χ4v) is 3.30. The van der Waals surface area contributed by atoms with Crippen LogP contribution < -0.4 is 0 Å². The Hall–Kier alpha value is -0.0831. The molecule has 0 amide bonds. The molecule has 0 aromatic heterocycles. The molecule has 1 nitrogen and oxygen atoms in total. The minimum absolute atomic E-state index is 0.312. The smallest absolute Gasteiger partial charge is 0.170 e. The number of hydrogen-bond acceptors (Lipinski definition) is 1. The van der Waals surface area contributed by atoms with E-state index in [0.717, 1.165) is 12.5 Å². The molecule has 2 heteroatoms. The van der Waals surface area contributed by atoms with Crippen LogP contribution in [-0.4, -0.2) is 15.6 Å². The Morgan fingerprint density at radius 3 is 1.95 bits per heavy atom. The molecule has 0 aliphatic rings. The molecule has 0 bridgehead atoms. The summed E-state index contributed by atoms with van der Waals surface area (Å²) >= 11 is 0. The lowest BCUT2D eigenvalue weighted by Gasteiger charge is -2.37. The van der Waals surface area contributed by atoms with Crippen molar-refractivity contribution in [2.45, 2.75) is 73.9 Å². The molecule has 120 valence electrons. The van der Waals surface area contributed by atoms with Crippen LogP contribution in [0.2, 0.25) is 13.1 Å². The second-order valence-corrected chi connectivity index (χ2v) is 11.0. The average molecular weight is 299 g/mol.